The summed E-state index contributed by atoms with van der Waals surface area (Å²) < 4.78 is 0. The van der Waals surface area contributed by atoms with Crippen molar-refractivity contribution in [2.24, 2.45) is 4.99 Å². The zero-order valence-electron chi connectivity index (χ0n) is 23.2. The van der Waals surface area contributed by atoms with Crippen LogP contribution in [-0.2, 0) is 19.3 Å². The lowest BCUT2D eigenvalue weighted by atomic mass is 9.97. The van der Waals surface area contributed by atoms with Gasteiger partial charge in [-0.05, 0) is 86.1 Å². The molecule has 0 atom stereocenters. The summed E-state index contributed by atoms with van der Waals surface area (Å²) in [6.45, 7) is 19.7. The fourth-order valence-corrected chi connectivity index (χ4v) is 4.86. The minimum absolute atomic E-state index is 0.335. The van der Waals surface area contributed by atoms with Crippen LogP contribution in [0.3, 0.4) is 0 Å². The molecule has 0 radical (unpaired) electrons. The van der Waals surface area contributed by atoms with Gasteiger partial charge in [-0.2, -0.15) is 0 Å². The minimum Gasteiger partial charge on any atom is -0.508 e. The molecule has 0 heterocycles. The number of phenols is 1. The van der Waals surface area contributed by atoms with E-state index >= 15 is 0 Å². The molecule has 35 heavy (non-hydrogen) atoms. The van der Waals surface area contributed by atoms with E-state index < -0.39 is 0 Å². The first kappa shape index (κ1) is 28.5. The van der Waals surface area contributed by atoms with Crippen LogP contribution in [0.4, 0.5) is 11.4 Å². The van der Waals surface area contributed by atoms with Crippen molar-refractivity contribution in [3.8, 4) is 5.75 Å². The highest BCUT2D eigenvalue weighted by Crippen LogP contribution is 2.35. The standard InChI is InChI=1S/C31H47N3O/c1-9-14-25-22-29(26(15-10-2)21-28(25)33(18-11-3)19-12-4)34(23(6)7)31(32-8)27-16-17-30(35)24(13-5)20-27/h16-17,20-22,35H,6,9-15,18-19H2,1-5,7-8H3. The molecule has 0 aliphatic rings. The maximum absolute atomic E-state index is 10.3. The molecule has 192 valence electrons. The number of aromatic hydroxyl groups is 1. The number of hydrogen-bond acceptors (Lipinski definition) is 3. The maximum atomic E-state index is 10.3. The van der Waals surface area contributed by atoms with Crippen molar-refractivity contribution in [3.63, 3.8) is 0 Å². The highest BCUT2D eigenvalue weighted by Gasteiger charge is 2.23. The normalized spacial score (nSPS) is 11.6. The van der Waals surface area contributed by atoms with Crippen molar-refractivity contribution >= 4 is 17.2 Å². The number of allylic oxidation sites excluding steroid dienone is 1. The van der Waals surface area contributed by atoms with Crippen LogP contribution in [0.2, 0.25) is 0 Å². The monoisotopic (exact) mass is 477 g/mol. The molecule has 0 aliphatic carbocycles. The molecule has 0 fully saturated rings. The summed E-state index contributed by atoms with van der Waals surface area (Å²) in [6, 6.07) is 10.6. The van der Waals surface area contributed by atoms with Crippen molar-refractivity contribution in [2.45, 2.75) is 86.5 Å². The predicted octanol–water partition coefficient (Wildman–Crippen LogP) is 7.90. The number of aryl methyl sites for hydroxylation is 3. The molecule has 4 nitrogen and oxygen atoms in total. The summed E-state index contributed by atoms with van der Waals surface area (Å²) in [6.07, 6.45) is 7.26. The van der Waals surface area contributed by atoms with Crippen molar-refractivity contribution in [1.82, 2.24) is 0 Å². The van der Waals surface area contributed by atoms with E-state index in [2.05, 4.69) is 76.1 Å². The molecule has 2 rings (SSSR count). The largest absolute Gasteiger partial charge is 0.508 e. The van der Waals surface area contributed by atoms with Crippen molar-refractivity contribution < 1.29 is 5.11 Å². The third kappa shape index (κ3) is 6.90. The van der Waals surface area contributed by atoms with E-state index in [9.17, 15) is 5.11 Å². The molecule has 0 saturated carbocycles. The zero-order chi connectivity index (χ0) is 26.0. The average Bonchev–Trinajstić information content (AvgIpc) is 2.84. The molecule has 0 amide bonds. The van der Waals surface area contributed by atoms with Gasteiger partial charge in [-0.15, -0.1) is 0 Å². The Morgan fingerprint density at radius 2 is 1.40 bits per heavy atom. The van der Waals surface area contributed by atoms with Crippen LogP contribution in [-0.4, -0.2) is 31.1 Å². The van der Waals surface area contributed by atoms with Gasteiger partial charge in [0.25, 0.3) is 0 Å². The van der Waals surface area contributed by atoms with Gasteiger partial charge in [-0.1, -0.05) is 54.0 Å². The highest BCUT2D eigenvalue weighted by atomic mass is 16.3. The second kappa shape index (κ2) is 14.0. The first-order chi connectivity index (χ1) is 16.9. The maximum Gasteiger partial charge on any atom is 0.139 e. The van der Waals surface area contributed by atoms with Gasteiger partial charge >= 0.3 is 0 Å². The summed E-state index contributed by atoms with van der Waals surface area (Å²) in [5.41, 5.74) is 8.14. The number of anilines is 2. The van der Waals surface area contributed by atoms with Gasteiger partial charge in [-0.25, -0.2) is 0 Å². The molecule has 0 unspecified atom stereocenters. The van der Waals surface area contributed by atoms with Crippen LogP contribution in [0.5, 0.6) is 5.75 Å². The second-order valence-electron chi connectivity index (χ2n) is 9.41. The van der Waals surface area contributed by atoms with Crippen molar-refractivity contribution in [1.29, 1.82) is 0 Å². The van der Waals surface area contributed by atoms with E-state index in [1.165, 1.54) is 22.5 Å². The molecule has 4 heteroatoms. The van der Waals surface area contributed by atoms with Crippen LogP contribution in [0.25, 0.3) is 0 Å². The number of nitrogens with zero attached hydrogens (tertiary/aromatic N) is 3. The molecule has 0 spiro atoms. The number of amidine groups is 1. The Balaban J connectivity index is 2.76. The fourth-order valence-electron chi connectivity index (χ4n) is 4.86. The number of hydrogen-bond donors (Lipinski definition) is 1. The zero-order valence-corrected chi connectivity index (χ0v) is 23.2. The first-order valence-corrected chi connectivity index (χ1v) is 13.5. The Kier molecular flexibility index (Phi) is 11.4. The Bertz CT molecular complexity index is 1000. The molecule has 0 aromatic heterocycles. The molecule has 1 N–H and O–H groups in total. The van der Waals surface area contributed by atoms with E-state index in [1.54, 1.807) is 6.07 Å². The lowest BCUT2D eigenvalue weighted by molar-refractivity contribution is 0.469. The summed E-state index contributed by atoms with van der Waals surface area (Å²) in [5.74, 6) is 1.19. The number of phenolic OH excluding ortho intramolecular Hbond substituents is 1. The molecule has 2 aromatic rings. The van der Waals surface area contributed by atoms with Crippen LogP contribution in [0, 0.1) is 0 Å². The molecule has 0 aliphatic heterocycles. The van der Waals surface area contributed by atoms with Crippen molar-refractivity contribution in [3.05, 3.63) is 64.9 Å². The SMILES string of the molecule is C=C(C)N(C(=NC)c1ccc(O)c(CC)c1)c1cc(CCC)c(N(CCC)CCC)cc1CCC. The predicted molar refractivity (Wildman–Crippen MR) is 154 cm³/mol. The Morgan fingerprint density at radius 1 is 0.829 bits per heavy atom. The lowest BCUT2D eigenvalue weighted by Gasteiger charge is -2.33. The summed E-state index contributed by atoms with van der Waals surface area (Å²) >= 11 is 0. The van der Waals surface area contributed by atoms with Crippen LogP contribution < -0.4 is 9.80 Å². The molecular weight excluding hydrogens is 430 g/mol. The van der Waals surface area contributed by atoms with E-state index in [1.807, 2.05) is 13.1 Å². The topological polar surface area (TPSA) is 39.1 Å². The highest BCUT2D eigenvalue weighted by molar-refractivity contribution is 6.12. The summed E-state index contributed by atoms with van der Waals surface area (Å²) in [5, 5.41) is 10.3. The lowest BCUT2D eigenvalue weighted by Crippen LogP contribution is -2.32. The molecule has 0 saturated heterocycles. The van der Waals surface area contributed by atoms with E-state index in [-0.39, 0.29) is 0 Å². The van der Waals surface area contributed by atoms with Crippen LogP contribution in [0.15, 0.2) is 47.6 Å². The van der Waals surface area contributed by atoms with E-state index in [0.29, 0.717) is 5.75 Å². The van der Waals surface area contributed by atoms with Gasteiger partial charge in [0.2, 0.25) is 0 Å². The van der Waals surface area contributed by atoms with Crippen LogP contribution in [0.1, 0.15) is 89.5 Å². The Hall–Kier alpha value is -2.75. The third-order valence-electron chi connectivity index (χ3n) is 6.41. The fraction of sp³-hybridized carbons (Fsp3) is 0.516. The molecule has 2 aromatic carbocycles. The molecular formula is C31H47N3O. The Labute approximate surface area is 214 Å². The first-order valence-electron chi connectivity index (χ1n) is 13.5. The van der Waals surface area contributed by atoms with Crippen molar-refractivity contribution in [2.75, 3.05) is 29.9 Å². The number of rotatable bonds is 13. The second-order valence-corrected chi connectivity index (χ2v) is 9.41. The van der Waals surface area contributed by atoms with Crippen LogP contribution >= 0.6 is 0 Å². The smallest absolute Gasteiger partial charge is 0.139 e. The number of aliphatic imine (C=N–C) groups is 1. The van der Waals surface area contributed by atoms with E-state index in [4.69, 9.17) is 4.99 Å². The number of benzene rings is 2. The van der Waals surface area contributed by atoms with Gasteiger partial charge in [0.15, 0.2) is 0 Å². The molecule has 0 bridgehead atoms. The van der Waals surface area contributed by atoms with Gasteiger partial charge in [-0.3, -0.25) is 9.89 Å². The summed E-state index contributed by atoms with van der Waals surface area (Å²) in [4.78, 5) is 9.53. The van der Waals surface area contributed by atoms with Gasteiger partial charge in [0.05, 0.1) is 5.69 Å². The Morgan fingerprint density at radius 3 is 1.89 bits per heavy atom. The minimum atomic E-state index is 0.335. The van der Waals surface area contributed by atoms with Gasteiger partial charge in [0, 0.05) is 37.1 Å². The third-order valence-corrected chi connectivity index (χ3v) is 6.41. The quantitative estimate of drug-likeness (QED) is 0.235. The van der Waals surface area contributed by atoms with Gasteiger partial charge < -0.3 is 10.0 Å². The average molecular weight is 478 g/mol. The van der Waals surface area contributed by atoms with E-state index in [0.717, 1.165) is 80.7 Å². The van der Waals surface area contributed by atoms with Gasteiger partial charge in [0.1, 0.15) is 11.6 Å². The summed E-state index contributed by atoms with van der Waals surface area (Å²) in [7, 11) is 1.84.